The van der Waals surface area contributed by atoms with Crippen LogP contribution in [0.2, 0.25) is 0 Å². The van der Waals surface area contributed by atoms with E-state index >= 15 is 8.78 Å². The van der Waals surface area contributed by atoms with Gasteiger partial charge in [0.25, 0.3) is 0 Å². The van der Waals surface area contributed by atoms with Crippen LogP contribution in [0.3, 0.4) is 0 Å². The first-order valence-corrected chi connectivity index (χ1v) is 16.6. The first-order chi connectivity index (χ1) is 21.9. The Morgan fingerprint density at radius 3 is 2.87 bits per heavy atom. The first-order valence-electron chi connectivity index (χ1n) is 16.6. The van der Waals surface area contributed by atoms with Crippen LogP contribution in [-0.4, -0.2) is 76.4 Å². The van der Waals surface area contributed by atoms with Gasteiger partial charge in [0.2, 0.25) is 0 Å². The Morgan fingerprint density at radius 2 is 1.98 bits per heavy atom. The largest absolute Gasteiger partial charge is 0.461 e. The van der Waals surface area contributed by atoms with Gasteiger partial charge in [-0.3, -0.25) is 4.90 Å². The quantitative estimate of drug-likeness (QED) is 0.300. The zero-order chi connectivity index (χ0) is 30.4. The fourth-order valence-electron chi connectivity index (χ4n) is 9.26. The topological polar surface area (TPSA) is 66.4 Å². The lowest BCUT2D eigenvalue weighted by Crippen LogP contribution is -2.58. The number of fused-ring (bicyclic) bond motifs is 5. The minimum absolute atomic E-state index is 0.118. The van der Waals surface area contributed by atoms with Gasteiger partial charge in [0.15, 0.2) is 5.82 Å². The second kappa shape index (κ2) is 10.3. The highest BCUT2D eigenvalue weighted by molar-refractivity contribution is 6.02. The number of hydrogen-bond acceptors (Lipinski definition) is 7. The molecule has 5 atom stereocenters. The van der Waals surface area contributed by atoms with Crippen molar-refractivity contribution in [3.05, 3.63) is 53.2 Å². The molecule has 0 unspecified atom stereocenters. The molecule has 234 valence electrons. The molecule has 45 heavy (non-hydrogen) atoms. The Bertz CT molecular complexity index is 1850. The molecule has 2 aromatic carbocycles. The zero-order valence-electron chi connectivity index (χ0n) is 25.5. The SMILES string of the molecule is CC[C@@H]1NCCN2c3nc(OC[C@@]45CCCN4C[C@H](F)C5)nc4c(F)c5nc(c34)[C@@H](CC[C@H]12)Cc1c(F)ccc2cccc-5c12. The van der Waals surface area contributed by atoms with Crippen molar-refractivity contribution in [3.63, 3.8) is 0 Å². The van der Waals surface area contributed by atoms with Crippen molar-refractivity contribution >= 4 is 27.5 Å². The second-order valence-electron chi connectivity index (χ2n) is 13.7. The summed E-state index contributed by atoms with van der Waals surface area (Å²) < 4.78 is 53.6. The Kier molecular flexibility index (Phi) is 6.33. The molecule has 5 aliphatic rings. The number of alkyl halides is 1. The maximum atomic E-state index is 17.0. The van der Waals surface area contributed by atoms with Crippen LogP contribution in [0, 0.1) is 11.6 Å². The monoisotopic (exact) mass is 614 g/mol. The maximum absolute atomic E-state index is 17.0. The van der Waals surface area contributed by atoms with Crippen molar-refractivity contribution in [3.8, 4) is 17.3 Å². The normalized spacial score (nSPS) is 28.9. The van der Waals surface area contributed by atoms with Crippen LogP contribution in [0.4, 0.5) is 19.0 Å². The highest BCUT2D eigenvalue weighted by Gasteiger charge is 2.49. The van der Waals surface area contributed by atoms with E-state index in [0.717, 1.165) is 61.7 Å². The van der Waals surface area contributed by atoms with Crippen molar-refractivity contribution in [2.24, 2.45) is 0 Å². The lowest BCUT2D eigenvalue weighted by atomic mass is 9.81. The molecule has 7 heterocycles. The fourth-order valence-corrected chi connectivity index (χ4v) is 9.26. The zero-order valence-corrected chi connectivity index (χ0v) is 25.5. The molecule has 0 aliphatic carbocycles. The number of piperazine rings is 1. The summed E-state index contributed by atoms with van der Waals surface area (Å²) in [6, 6.07) is 9.40. The van der Waals surface area contributed by atoms with E-state index in [1.54, 1.807) is 6.07 Å². The van der Waals surface area contributed by atoms with Crippen LogP contribution in [0.1, 0.15) is 62.6 Å². The van der Waals surface area contributed by atoms with Gasteiger partial charge in [0.05, 0.1) is 16.6 Å². The number of ether oxygens (including phenoxy) is 1. The maximum Gasteiger partial charge on any atom is 0.319 e. The van der Waals surface area contributed by atoms with Crippen LogP contribution in [0.15, 0.2) is 30.3 Å². The van der Waals surface area contributed by atoms with Crippen LogP contribution in [0.25, 0.3) is 32.9 Å². The second-order valence-corrected chi connectivity index (χ2v) is 13.7. The molecular weight excluding hydrogens is 577 g/mol. The number of benzene rings is 2. The van der Waals surface area contributed by atoms with E-state index in [1.807, 2.05) is 18.2 Å². The number of hydrogen-bond donors (Lipinski definition) is 1. The number of rotatable bonds is 4. The number of aromatic nitrogens is 3. The summed E-state index contributed by atoms with van der Waals surface area (Å²) in [7, 11) is 0. The molecular formula is C35H37F3N6O. The smallest absolute Gasteiger partial charge is 0.319 e. The Morgan fingerprint density at radius 1 is 1.07 bits per heavy atom. The Hall–Kier alpha value is -3.50. The van der Waals surface area contributed by atoms with Gasteiger partial charge >= 0.3 is 6.01 Å². The number of halogens is 3. The predicted molar refractivity (Wildman–Crippen MR) is 168 cm³/mol. The lowest BCUT2D eigenvalue weighted by Gasteiger charge is -2.45. The summed E-state index contributed by atoms with van der Waals surface area (Å²) in [5.41, 5.74) is 1.93. The van der Waals surface area contributed by atoms with E-state index in [1.165, 1.54) is 6.07 Å². The van der Waals surface area contributed by atoms with Gasteiger partial charge in [0, 0.05) is 49.6 Å². The molecule has 10 heteroatoms. The molecule has 5 aliphatic heterocycles. The Balaban J connectivity index is 1.28. The number of anilines is 1. The van der Waals surface area contributed by atoms with Crippen molar-refractivity contribution < 1.29 is 17.9 Å². The summed E-state index contributed by atoms with van der Waals surface area (Å²) in [5, 5.41) is 5.87. The van der Waals surface area contributed by atoms with Crippen molar-refractivity contribution in [1.82, 2.24) is 25.2 Å². The first kappa shape index (κ1) is 27.8. The molecule has 7 nitrogen and oxygen atoms in total. The third-order valence-electron chi connectivity index (χ3n) is 11.3. The van der Waals surface area contributed by atoms with E-state index in [4.69, 9.17) is 19.7 Å². The van der Waals surface area contributed by atoms with Gasteiger partial charge < -0.3 is 15.0 Å². The number of pyridine rings is 1. The average Bonchev–Trinajstić information content (AvgIpc) is 3.57. The van der Waals surface area contributed by atoms with Crippen LogP contribution in [0.5, 0.6) is 6.01 Å². The van der Waals surface area contributed by atoms with Crippen molar-refractivity contribution in [1.29, 1.82) is 0 Å². The lowest BCUT2D eigenvalue weighted by molar-refractivity contribution is 0.107. The molecule has 0 amide bonds. The highest BCUT2D eigenvalue weighted by atomic mass is 19.1. The fraction of sp³-hybridized carbons (Fsp3) is 0.514. The summed E-state index contributed by atoms with van der Waals surface area (Å²) in [6.07, 6.45) is 4.46. The molecule has 0 radical (unpaired) electrons. The standard InChI is InChI=1S/C35H37F3N6O/c1-2-25-26-10-8-20-15-23-24(37)9-7-19-5-3-6-22(27(19)23)31-29(38)32-28(30(20)40-31)33(44(26)14-12-39-25)42-34(41-32)45-18-35-11-4-13-43(35)17-21(36)16-35/h3,5-7,9,20-21,25-26,39H,2,4,8,10-18H2,1H3/t20-,21+,25-,26+,35-/m0/s1. The van der Waals surface area contributed by atoms with Gasteiger partial charge in [-0.25, -0.2) is 18.2 Å². The molecule has 9 rings (SSSR count). The predicted octanol–water partition coefficient (Wildman–Crippen LogP) is 6.07. The average molecular weight is 615 g/mol. The van der Waals surface area contributed by atoms with Crippen molar-refractivity contribution in [2.45, 2.75) is 81.6 Å². The third kappa shape index (κ3) is 4.13. The third-order valence-corrected chi connectivity index (χ3v) is 11.3. The molecule has 4 aromatic rings. The Labute approximate surface area is 260 Å². The number of nitrogens with zero attached hydrogens (tertiary/aromatic N) is 5. The van der Waals surface area contributed by atoms with Crippen molar-refractivity contribution in [2.75, 3.05) is 37.7 Å². The van der Waals surface area contributed by atoms with E-state index in [2.05, 4.69) is 22.0 Å². The minimum Gasteiger partial charge on any atom is -0.461 e. The van der Waals surface area contributed by atoms with Gasteiger partial charge in [-0.1, -0.05) is 31.2 Å². The summed E-state index contributed by atoms with van der Waals surface area (Å²) in [4.78, 5) is 19.4. The van der Waals surface area contributed by atoms with Crippen LogP contribution < -0.4 is 15.0 Å². The molecule has 3 saturated heterocycles. The van der Waals surface area contributed by atoms with Gasteiger partial charge in [-0.05, 0) is 67.5 Å². The summed E-state index contributed by atoms with van der Waals surface area (Å²) in [5.74, 6) is -0.313. The van der Waals surface area contributed by atoms with E-state index in [-0.39, 0.29) is 53.2 Å². The molecule has 3 fully saturated rings. The highest BCUT2D eigenvalue weighted by Crippen LogP contribution is 2.47. The van der Waals surface area contributed by atoms with Gasteiger partial charge in [-0.15, -0.1) is 0 Å². The summed E-state index contributed by atoms with van der Waals surface area (Å²) in [6.45, 7) is 5.22. The summed E-state index contributed by atoms with van der Waals surface area (Å²) >= 11 is 0. The molecule has 0 saturated carbocycles. The van der Waals surface area contributed by atoms with E-state index in [9.17, 15) is 4.39 Å². The van der Waals surface area contributed by atoms with Crippen LogP contribution in [-0.2, 0) is 6.42 Å². The molecule has 2 aromatic heterocycles. The molecule has 2 bridgehead atoms. The van der Waals surface area contributed by atoms with Gasteiger partial charge in [0.1, 0.15) is 35.6 Å². The van der Waals surface area contributed by atoms with Gasteiger partial charge in [-0.2, -0.15) is 9.97 Å². The van der Waals surface area contributed by atoms with Crippen LogP contribution >= 0.6 is 0 Å². The van der Waals surface area contributed by atoms with E-state index in [0.29, 0.717) is 48.3 Å². The van der Waals surface area contributed by atoms with E-state index < -0.39 is 12.0 Å². The minimum atomic E-state index is -0.876. The molecule has 1 N–H and O–H groups in total. The number of nitrogens with one attached hydrogen (secondary N) is 1. The molecule has 0 spiro atoms.